The van der Waals surface area contributed by atoms with Crippen molar-refractivity contribution in [2.75, 3.05) is 23.3 Å². The molecule has 4 heteroatoms. The Labute approximate surface area is 135 Å². The maximum atomic E-state index is 6.02. The molecule has 1 fully saturated rings. The first-order chi connectivity index (χ1) is 10.2. The topological polar surface area (TPSA) is 15.3 Å². The normalized spacial score (nSPS) is 14.5. The van der Waals surface area contributed by atoms with Gasteiger partial charge in [0.2, 0.25) is 0 Å². The van der Waals surface area contributed by atoms with E-state index in [1.807, 2.05) is 18.2 Å². The summed E-state index contributed by atoms with van der Waals surface area (Å²) < 4.78 is 0. The van der Waals surface area contributed by atoms with Crippen molar-refractivity contribution in [3.05, 3.63) is 58.1 Å². The summed E-state index contributed by atoms with van der Waals surface area (Å²) in [7, 11) is 0. The molecule has 2 aromatic carbocycles. The highest BCUT2D eigenvalue weighted by molar-refractivity contribution is 6.42. The maximum Gasteiger partial charge on any atom is 0.0595 e. The Hall–Kier alpha value is -1.38. The smallest absolute Gasteiger partial charge is 0.0595 e. The lowest BCUT2D eigenvalue weighted by Crippen LogP contribution is -2.17. The molecule has 21 heavy (non-hydrogen) atoms. The Kier molecular flexibility index (Phi) is 4.57. The molecule has 1 heterocycles. The monoisotopic (exact) mass is 320 g/mol. The van der Waals surface area contributed by atoms with E-state index < -0.39 is 0 Å². The Balaban J connectivity index is 1.61. The van der Waals surface area contributed by atoms with Gasteiger partial charge in [-0.15, -0.1) is 0 Å². The molecule has 0 unspecified atom stereocenters. The van der Waals surface area contributed by atoms with Gasteiger partial charge in [-0.3, -0.25) is 0 Å². The minimum absolute atomic E-state index is 0.593. The molecule has 0 aliphatic carbocycles. The third-order valence-electron chi connectivity index (χ3n) is 3.82. The van der Waals surface area contributed by atoms with E-state index in [-0.39, 0.29) is 0 Å². The maximum absolute atomic E-state index is 6.02. The van der Waals surface area contributed by atoms with Gasteiger partial charge in [0.05, 0.1) is 10.0 Å². The van der Waals surface area contributed by atoms with Crippen molar-refractivity contribution in [2.24, 2.45) is 0 Å². The first-order valence-electron chi connectivity index (χ1n) is 7.25. The van der Waals surface area contributed by atoms with E-state index >= 15 is 0 Å². The van der Waals surface area contributed by atoms with Crippen molar-refractivity contribution in [1.29, 1.82) is 0 Å². The largest absolute Gasteiger partial charge is 0.381 e. The summed E-state index contributed by atoms with van der Waals surface area (Å²) in [6.45, 7) is 3.09. The van der Waals surface area contributed by atoms with E-state index in [4.69, 9.17) is 23.2 Å². The average Bonchev–Trinajstić information content (AvgIpc) is 3.03. The van der Waals surface area contributed by atoms with Gasteiger partial charge in [-0.05, 0) is 54.8 Å². The predicted octanol–water partition coefficient (Wildman–Crippen LogP) is 5.21. The molecule has 0 saturated carbocycles. The highest BCUT2D eigenvalue weighted by Crippen LogP contribution is 2.24. The molecule has 1 aliphatic rings. The molecule has 0 radical (unpaired) electrons. The Bertz CT molecular complexity index is 605. The second kappa shape index (κ2) is 6.59. The first kappa shape index (κ1) is 14.6. The van der Waals surface area contributed by atoms with Crippen LogP contribution in [0.5, 0.6) is 0 Å². The van der Waals surface area contributed by atoms with E-state index in [2.05, 4.69) is 34.5 Å². The van der Waals surface area contributed by atoms with Crippen LogP contribution in [0.3, 0.4) is 0 Å². The van der Waals surface area contributed by atoms with E-state index in [1.165, 1.54) is 31.6 Å². The summed E-state index contributed by atoms with van der Waals surface area (Å²) in [6, 6.07) is 14.3. The number of halogens is 2. The average molecular weight is 321 g/mol. The van der Waals surface area contributed by atoms with E-state index in [1.54, 1.807) is 0 Å². The highest BCUT2D eigenvalue weighted by Gasteiger charge is 2.11. The van der Waals surface area contributed by atoms with Crippen molar-refractivity contribution in [1.82, 2.24) is 0 Å². The molecular weight excluding hydrogens is 303 g/mol. The van der Waals surface area contributed by atoms with Gasteiger partial charge < -0.3 is 10.2 Å². The highest BCUT2D eigenvalue weighted by atomic mass is 35.5. The summed E-state index contributed by atoms with van der Waals surface area (Å²) in [5.41, 5.74) is 3.55. The van der Waals surface area contributed by atoms with Crippen molar-refractivity contribution in [3.63, 3.8) is 0 Å². The molecular formula is C17H18Cl2N2. The lowest BCUT2D eigenvalue weighted by molar-refractivity contribution is 0.949. The summed E-state index contributed by atoms with van der Waals surface area (Å²) in [5, 5.41) is 4.60. The minimum atomic E-state index is 0.593. The van der Waals surface area contributed by atoms with Crippen molar-refractivity contribution in [2.45, 2.75) is 19.4 Å². The van der Waals surface area contributed by atoms with Crippen LogP contribution in [0, 0.1) is 0 Å². The summed E-state index contributed by atoms with van der Waals surface area (Å²) in [4.78, 5) is 2.43. The molecule has 0 spiro atoms. The van der Waals surface area contributed by atoms with Gasteiger partial charge in [-0.1, -0.05) is 29.3 Å². The molecule has 1 aliphatic heterocycles. The zero-order valence-electron chi connectivity index (χ0n) is 11.8. The second-order valence-electron chi connectivity index (χ2n) is 5.34. The Morgan fingerprint density at radius 2 is 1.62 bits per heavy atom. The number of anilines is 2. The number of hydrogen-bond acceptors (Lipinski definition) is 2. The van der Waals surface area contributed by atoms with E-state index in [0.717, 1.165) is 17.8 Å². The predicted molar refractivity (Wildman–Crippen MR) is 91.7 cm³/mol. The van der Waals surface area contributed by atoms with E-state index in [0.29, 0.717) is 10.0 Å². The fraction of sp³-hybridized carbons (Fsp3) is 0.294. The molecule has 2 nitrogen and oxygen atoms in total. The molecule has 1 N–H and O–H groups in total. The molecule has 2 aromatic rings. The van der Waals surface area contributed by atoms with Crippen LogP contribution in [0.1, 0.15) is 18.4 Å². The lowest BCUT2D eigenvalue weighted by atomic mass is 10.2. The molecule has 0 atom stereocenters. The zero-order valence-corrected chi connectivity index (χ0v) is 13.3. The molecule has 110 valence electrons. The van der Waals surface area contributed by atoms with Crippen LogP contribution >= 0.6 is 23.2 Å². The van der Waals surface area contributed by atoms with Crippen LogP contribution in [0.4, 0.5) is 11.4 Å². The third-order valence-corrected chi connectivity index (χ3v) is 4.56. The molecule has 3 rings (SSSR count). The summed E-state index contributed by atoms with van der Waals surface area (Å²) >= 11 is 11.9. The number of hydrogen-bond donors (Lipinski definition) is 1. The number of nitrogens with one attached hydrogen (secondary N) is 1. The van der Waals surface area contributed by atoms with Crippen LogP contribution in [0.15, 0.2) is 42.5 Å². The standard InChI is InChI=1S/C17H18Cl2N2/c18-16-8-3-13(11-17(16)19)12-20-14-4-6-15(7-5-14)21-9-1-2-10-21/h3-8,11,20H,1-2,9-10,12H2. The van der Waals surface area contributed by atoms with Gasteiger partial charge in [-0.2, -0.15) is 0 Å². The van der Waals surface area contributed by atoms with Crippen molar-refractivity contribution < 1.29 is 0 Å². The van der Waals surface area contributed by atoms with E-state index in [9.17, 15) is 0 Å². The minimum Gasteiger partial charge on any atom is -0.381 e. The number of benzene rings is 2. The second-order valence-corrected chi connectivity index (χ2v) is 6.16. The Morgan fingerprint density at radius 3 is 2.29 bits per heavy atom. The summed E-state index contributed by atoms with van der Waals surface area (Å²) in [6.07, 6.45) is 2.61. The first-order valence-corrected chi connectivity index (χ1v) is 8.01. The van der Waals surface area contributed by atoms with Gasteiger partial charge in [-0.25, -0.2) is 0 Å². The van der Waals surface area contributed by atoms with Gasteiger partial charge in [0.25, 0.3) is 0 Å². The quantitative estimate of drug-likeness (QED) is 0.832. The zero-order chi connectivity index (χ0) is 14.7. The van der Waals surface area contributed by atoms with Crippen LogP contribution in [-0.2, 0) is 6.54 Å². The fourth-order valence-electron chi connectivity index (χ4n) is 2.62. The third kappa shape index (κ3) is 3.63. The fourth-order valence-corrected chi connectivity index (χ4v) is 2.94. The Morgan fingerprint density at radius 1 is 0.905 bits per heavy atom. The molecule has 0 amide bonds. The van der Waals surface area contributed by atoms with Crippen molar-refractivity contribution in [3.8, 4) is 0 Å². The van der Waals surface area contributed by atoms with Crippen LogP contribution in [0.25, 0.3) is 0 Å². The van der Waals surface area contributed by atoms with Crippen LogP contribution in [-0.4, -0.2) is 13.1 Å². The van der Waals surface area contributed by atoms with Gasteiger partial charge in [0.1, 0.15) is 0 Å². The van der Waals surface area contributed by atoms with Crippen molar-refractivity contribution >= 4 is 34.6 Å². The molecule has 0 bridgehead atoms. The van der Waals surface area contributed by atoms with Crippen LogP contribution in [0.2, 0.25) is 10.0 Å². The molecule has 1 saturated heterocycles. The van der Waals surface area contributed by atoms with Crippen LogP contribution < -0.4 is 10.2 Å². The van der Waals surface area contributed by atoms with Gasteiger partial charge >= 0.3 is 0 Å². The number of nitrogens with zero attached hydrogens (tertiary/aromatic N) is 1. The molecule has 0 aromatic heterocycles. The van der Waals surface area contributed by atoms with Gasteiger partial charge in [0.15, 0.2) is 0 Å². The summed E-state index contributed by atoms with van der Waals surface area (Å²) in [5.74, 6) is 0. The van der Waals surface area contributed by atoms with Gasteiger partial charge in [0, 0.05) is 31.0 Å². The number of rotatable bonds is 4. The SMILES string of the molecule is Clc1ccc(CNc2ccc(N3CCCC3)cc2)cc1Cl. The lowest BCUT2D eigenvalue weighted by Gasteiger charge is -2.18.